The Kier molecular flexibility index (Phi) is 5.64. The zero-order chi connectivity index (χ0) is 23.2. The van der Waals surface area contributed by atoms with Gasteiger partial charge in [-0.3, -0.25) is 4.99 Å². The minimum atomic E-state index is -1.20. The monoisotopic (exact) mass is 456 g/mol. The van der Waals surface area contributed by atoms with Gasteiger partial charge in [-0.2, -0.15) is 0 Å². The molecule has 4 unspecified atom stereocenters. The van der Waals surface area contributed by atoms with Crippen LogP contribution >= 0.6 is 0 Å². The van der Waals surface area contributed by atoms with Crippen molar-refractivity contribution in [2.75, 3.05) is 24.7 Å². The van der Waals surface area contributed by atoms with Crippen molar-refractivity contribution in [1.82, 2.24) is 0 Å². The molecule has 1 aromatic carbocycles. The smallest absolute Gasteiger partial charge is 0.328 e. The maximum Gasteiger partial charge on any atom is 0.328 e. The van der Waals surface area contributed by atoms with Crippen LogP contribution in [0.3, 0.4) is 0 Å². The van der Waals surface area contributed by atoms with E-state index in [0.717, 1.165) is 49.3 Å². The van der Waals surface area contributed by atoms with Gasteiger partial charge in [0, 0.05) is 43.3 Å². The molecular weight excluding hydrogens is 430 g/mol. The van der Waals surface area contributed by atoms with E-state index < -0.39 is 29.2 Å². The molecule has 6 nitrogen and oxygen atoms in total. The zero-order valence-corrected chi connectivity index (χ0v) is 18.1. The van der Waals surface area contributed by atoms with Crippen LogP contribution < -0.4 is 4.90 Å². The van der Waals surface area contributed by atoms with E-state index in [4.69, 9.17) is 9.84 Å². The molecule has 5 atom stereocenters. The van der Waals surface area contributed by atoms with E-state index in [1.165, 1.54) is 6.08 Å². The number of carboxylic acid groups (broad SMARTS) is 1. The fraction of sp³-hybridized carbons (Fsp3) is 0.480. The average Bonchev–Trinajstić information content (AvgIpc) is 3.41. The Morgan fingerprint density at radius 1 is 1.27 bits per heavy atom. The van der Waals surface area contributed by atoms with Crippen molar-refractivity contribution in [2.24, 2.45) is 22.7 Å². The second-order valence-electron chi connectivity index (χ2n) is 9.26. The van der Waals surface area contributed by atoms with Crippen LogP contribution in [0.5, 0.6) is 0 Å². The summed E-state index contributed by atoms with van der Waals surface area (Å²) in [6.07, 6.45) is 9.74. The van der Waals surface area contributed by atoms with Crippen LogP contribution in [-0.2, 0) is 14.3 Å². The van der Waals surface area contributed by atoms with E-state index in [1.807, 2.05) is 4.90 Å². The van der Waals surface area contributed by atoms with Gasteiger partial charge in [-0.25, -0.2) is 13.6 Å². The third kappa shape index (κ3) is 3.42. The van der Waals surface area contributed by atoms with Crippen LogP contribution in [0.15, 0.2) is 34.9 Å². The first-order chi connectivity index (χ1) is 16.0. The molecule has 2 saturated heterocycles. The molecule has 0 aromatic heterocycles. The van der Waals surface area contributed by atoms with Crippen molar-refractivity contribution in [2.45, 2.75) is 37.3 Å². The number of carbonyl (C=O) groups excluding carboxylic acids is 1. The van der Waals surface area contributed by atoms with Gasteiger partial charge in [-0.05, 0) is 60.9 Å². The Bertz CT molecular complexity index is 1040. The number of hydrogen-bond acceptors (Lipinski definition) is 5. The van der Waals surface area contributed by atoms with Crippen molar-refractivity contribution in [3.8, 4) is 0 Å². The SMILES string of the molecule is O=C[C@@H]1C(C2CCOC2)N(c2c(F)cc(C=CC(=O)O)cc2F)C23CCN=CC2=CCCC13. The third-order valence-corrected chi connectivity index (χ3v) is 7.70. The highest BCUT2D eigenvalue weighted by molar-refractivity contribution is 5.87. The number of carbonyl (C=O) groups is 2. The molecule has 8 heteroatoms. The summed E-state index contributed by atoms with van der Waals surface area (Å²) >= 11 is 0. The molecule has 1 N–H and O–H groups in total. The molecule has 174 valence electrons. The minimum Gasteiger partial charge on any atom is -0.478 e. The molecule has 0 bridgehead atoms. The van der Waals surface area contributed by atoms with E-state index >= 15 is 8.78 Å². The van der Waals surface area contributed by atoms with E-state index in [-0.39, 0.29) is 29.0 Å². The lowest BCUT2D eigenvalue weighted by atomic mass is 9.66. The summed E-state index contributed by atoms with van der Waals surface area (Å²) in [5.74, 6) is -3.21. The molecule has 0 saturated carbocycles. The van der Waals surface area contributed by atoms with E-state index in [0.29, 0.717) is 26.2 Å². The number of aldehydes is 1. The topological polar surface area (TPSA) is 79.2 Å². The Balaban J connectivity index is 1.71. The highest BCUT2D eigenvalue weighted by Crippen LogP contribution is 2.57. The summed E-state index contributed by atoms with van der Waals surface area (Å²) in [7, 11) is 0. The maximum absolute atomic E-state index is 15.7. The van der Waals surface area contributed by atoms with Crippen LogP contribution in [-0.4, -0.2) is 54.9 Å². The number of rotatable bonds is 5. The fourth-order valence-electron chi connectivity index (χ4n) is 6.52. The average molecular weight is 456 g/mol. The fourth-order valence-corrected chi connectivity index (χ4v) is 6.52. The molecule has 0 radical (unpaired) electrons. The van der Waals surface area contributed by atoms with Crippen molar-refractivity contribution in [3.63, 3.8) is 0 Å². The largest absolute Gasteiger partial charge is 0.478 e. The second kappa shape index (κ2) is 8.48. The predicted octanol–water partition coefficient (Wildman–Crippen LogP) is 3.65. The van der Waals surface area contributed by atoms with Crippen LogP contribution in [0.25, 0.3) is 6.08 Å². The predicted molar refractivity (Wildman–Crippen MR) is 119 cm³/mol. The first-order valence-corrected chi connectivity index (χ1v) is 11.4. The number of aliphatic imine (C=N–C) groups is 1. The molecule has 3 heterocycles. The number of nitrogens with zero attached hydrogens (tertiary/aromatic N) is 2. The van der Waals surface area contributed by atoms with Gasteiger partial charge in [-0.15, -0.1) is 0 Å². The van der Waals surface area contributed by atoms with Gasteiger partial charge in [0.1, 0.15) is 23.6 Å². The second-order valence-corrected chi connectivity index (χ2v) is 9.26. The van der Waals surface area contributed by atoms with Gasteiger partial charge < -0.3 is 19.5 Å². The van der Waals surface area contributed by atoms with Crippen molar-refractivity contribution < 1.29 is 28.2 Å². The van der Waals surface area contributed by atoms with Crippen LogP contribution in [0.1, 0.15) is 31.2 Å². The van der Waals surface area contributed by atoms with Gasteiger partial charge in [0.15, 0.2) is 0 Å². The van der Waals surface area contributed by atoms with E-state index in [2.05, 4.69) is 11.1 Å². The molecule has 2 fully saturated rings. The number of allylic oxidation sites excluding steroid dienone is 1. The summed E-state index contributed by atoms with van der Waals surface area (Å²) in [5, 5.41) is 8.86. The molecule has 1 aromatic rings. The lowest BCUT2D eigenvalue weighted by molar-refractivity contribution is -0.131. The lowest BCUT2D eigenvalue weighted by Crippen LogP contribution is -2.56. The van der Waals surface area contributed by atoms with Crippen molar-refractivity contribution >= 4 is 30.2 Å². The lowest BCUT2D eigenvalue weighted by Gasteiger charge is -2.49. The summed E-state index contributed by atoms with van der Waals surface area (Å²) in [4.78, 5) is 29.6. The summed E-state index contributed by atoms with van der Waals surface area (Å²) in [6, 6.07) is 1.92. The Morgan fingerprint density at radius 2 is 2.06 bits per heavy atom. The molecule has 4 aliphatic rings. The normalized spacial score (nSPS) is 33.2. The highest BCUT2D eigenvalue weighted by atomic mass is 19.1. The number of ether oxygens (including phenoxy) is 1. The van der Waals surface area contributed by atoms with Crippen molar-refractivity contribution in [1.29, 1.82) is 0 Å². The van der Waals surface area contributed by atoms with Gasteiger partial charge >= 0.3 is 5.97 Å². The Hall–Kier alpha value is -2.87. The molecule has 1 spiro atoms. The third-order valence-electron chi connectivity index (χ3n) is 7.70. The summed E-state index contributed by atoms with van der Waals surface area (Å²) in [5.41, 5.74) is 0.185. The molecule has 1 aliphatic carbocycles. The summed E-state index contributed by atoms with van der Waals surface area (Å²) < 4.78 is 36.9. The first kappa shape index (κ1) is 21.9. The van der Waals surface area contributed by atoms with Crippen LogP contribution in [0, 0.1) is 29.4 Å². The Morgan fingerprint density at radius 3 is 2.73 bits per heavy atom. The molecule has 5 rings (SSSR count). The minimum absolute atomic E-state index is 0.0225. The van der Waals surface area contributed by atoms with E-state index in [1.54, 1.807) is 6.21 Å². The number of halogens is 2. The maximum atomic E-state index is 15.7. The molecular formula is C25H26F2N2O4. The highest BCUT2D eigenvalue weighted by Gasteiger charge is 2.63. The quantitative estimate of drug-likeness (QED) is 0.541. The summed E-state index contributed by atoms with van der Waals surface area (Å²) in [6.45, 7) is 1.53. The molecule has 0 amide bonds. The van der Waals surface area contributed by atoms with Gasteiger partial charge in [0.05, 0.1) is 12.1 Å². The number of carboxylic acids is 1. The van der Waals surface area contributed by atoms with Crippen LogP contribution in [0.4, 0.5) is 14.5 Å². The number of aliphatic carboxylic acids is 1. The standard InChI is InChI=1S/C25H26F2N2O4/c26-20-10-15(4-5-22(31)32)11-21(27)24(20)29-23(16-6-9-33-14-16)18(13-30)19-3-1-2-17-12-28-8-7-25(17,19)29/h2,4-5,10-13,16,18-19,23H,1,3,6-9,14H2,(H,31,32)/t16?,18-,19?,23?,25?/m0/s1. The zero-order valence-electron chi connectivity index (χ0n) is 18.1. The van der Waals surface area contributed by atoms with Crippen LogP contribution in [0.2, 0.25) is 0 Å². The number of anilines is 1. The van der Waals surface area contributed by atoms with Gasteiger partial charge in [-0.1, -0.05) is 6.08 Å². The molecule has 33 heavy (non-hydrogen) atoms. The number of hydrogen-bond donors (Lipinski definition) is 1. The van der Waals surface area contributed by atoms with E-state index in [9.17, 15) is 9.59 Å². The first-order valence-electron chi connectivity index (χ1n) is 11.4. The molecule has 3 aliphatic heterocycles. The van der Waals surface area contributed by atoms with Gasteiger partial charge in [0.2, 0.25) is 0 Å². The number of benzene rings is 1. The van der Waals surface area contributed by atoms with Gasteiger partial charge in [0.25, 0.3) is 0 Å². The Labute approximate surface area is 190 Å². The van der Waals surface area contributed by atoms with Crippen molar-refractivity contribution in [3.05, 3.63) is 47.1 Å².